The van der Waals surface area contributed by atoms with Crippen LogP contribution >= 0.6 is 0 Å². The molecule has 0 aliphatic rings. The third-order valence-corrected chi connectivity index (χ3v) is 14.5. The van der Waals surface area contributed by atoms with Gasteiger partial charge in [0.1, 0.15) is 6.33 Å². The first kappa shape index (κ1) is 30.4. The maximum absolute atomic E-state index is 4.95. The van der Waals surface area contributed by atoms with Crippen LogP contribution in [0, 0.1) is 0 Å². The minimum Gasteiger partial charge on any atom is -0.298 e. The van der Waals surface area contributed by atoms with Crippen molar-refractivity contribution in [3.05, 3.63) is 200 Å². The third-order valence-electron chi connectivity index (χ3n) is 9.71. The van der Waals surface area contributed by atoms with Crippen LogP contribution < -0.4 is 20.7 Å². The van der Waals surface area contributed by atoms with Crippen molar-refractivity contribution in [1.29, 1.82) is 0 Å². The van der Waals surface area contributed by atoms with Crippen LogP contribution in [0.2, 0.25) is 0 Å². The van der Waals surface area contributed by atoms with E-state index < -0.39 is 8.07 Å². The maximum atomic E-state index is 4.95. The molecule has 9 aromatic rings. The van der Waals surface area contributed by atoms with E-state index in [2.05, 4.69) is 173 Å². The largest absolute Gasteiger partial charge is 0.298 e. The zero-order valence-corrected chi connectivity index (χ0v) is 28.8. The Balaban J connectivity index is 1.38. The molecule has 0 atom stereocenters. The highest BCUT2D eigenvalue weighted by Gasteiger charge is 2.42. The van der Waals surface area contributed by atoms with E-state index in [1.165, 1.54) is 20.7 Å². The van der Waals surface area contributed by atoms with Gasteiger partial charge in [-0.25, -0.2) is 4.98 Å². The van der Waals surface area contributed by atoms with Gasteiger partial charge in [-0.3, -0.25) is 9.13 Å². The van der Waals surface area contributed by atoms with E-state index in [0.29, 0.717) is 0 Å². The Bertz CT molecular complexity index is 2470. The summed E-state index contributed by atoms with van der Waals surface area (Å²) >= 11 is 0. The molecule has 0 bridgehead atoms. The molecule has 0 spiro atoms. The predicted octanol–water partition coefficient (Wildman–Crippen LogP) is 7.32. The minimum absolute atomic E-state index is 0.755. The smallest absolute Gasteiger partial charge is 0.179 e. The number of aromatic nitrogens is 5. The van der Waals surface area contributed by atoms with Crippen LogP contribution in [0.4, 0.5) is 0 Å². The van der Waals surface area contributed by atoms with Crippen LogP contribution in [0.25, 0.3) is 45.2 Å². The number of benzene rings is 7. The van der Waals surface area contributed by atoms with Gasteiger partial charge in [0.2, 0.25) is 0 Å². The van der Waals surface area contributed by atoms with E-state index in [1.54, 1.807) is 0 Å². The van der Waals surface area contributed by atoms with Gasteiger partial charge in [0, 0.05) is 16.8 Å². The first-order chi connectivity index (χ1) is 25.3. The lowest BCUT2D eigenvalue weighted by Crippen LogP contribution is -2.74. The molecule has 0 saturated heterocycles. The summed E-state index contributed by atoms with van der Waals surface area (Å²) in [5.74, 6) is 1.54. The summed E-state index contributed by atoms with van der Waals surface area (Å²) in [4.78, 5) is 4.86. The van der Waals surface area contributed by atoms with Crippen molar-refractivity contribution in [3.63, 3.8) is 0 Å². The van der Waals surface area contributed by atoms with E-state index in [0.717, 1.165) is 45.2 Å². The molecule has 2 aromatic heterocycles. The Morgan fingerprint density at radius 2 is 0.941 bits per heavy atom. The predicted molar refractivity (Wildman–Crippen MR) is 210 cm³/mol. The summed E-state index contributed by atoms with van der Waals surface area (Å²) in [6.45, 7) is 0. The van der Waals surface area contributed by atoms with Gasteiger partial charge in [-0.15, -0.1) is 10.2 Å². The number of nitrogens with zero attached hydrogens (tertiary/aromatic N) is 5. The molecule has 5 nitrogen and oxygen atoms in total. The fraction of sp³-hybridized carbons (Fsp3) is 0. The fourth-order valence-electron chi connectivity index (χ4n) is 7.42. The molecule has 0 aliphatic heterocycles. The molecule has 0 saturated carbocycles. The van der Waals surface area contributed by atoms with E-state index >= 15 is 0 Å². The lowest BCUT2D eigenvalue weighted by molar-refractivity contribution is 1.05. The zero-order chi connectivity index (χ0) is 34.0. The van der Waals surface area contributed by atoms with Gasteiger partial charge in [-0.05, 0) is 57.1 Å². The van der Waals surface area contributed by atoms with Crippen LogP contribution in [0.5, 0.6) is 0 Å². The Morgan fingerprint density at radius 3 is 1.55 bits per heavy atom. The highest BCUT2D eigenvalue weighted by molar-refractivity contribution is 7.19. The molecule has 0 aliphatic carbocycles. The van der Waals surface area contributed by atoms with Crippen LogP contribution in [0.3, 0.4) is 0 Å². The molecule has 9 rings (SSSR count). The second-order valence-electron chi connectivity index (χ2n) is 12.6. The van der Waals surface area contributed by atoms with E-state index in [9.17, 15) is 0 Å². The van der Waals surface area contributed by atoms with E-state index in [1.807, 2.05) is 36.7 Å². The van der Waals surface area contributed by atoms with Gasteiger partial charge < -0.3 is 0 Å². The summed E-state index contributed by atoms with van der Waals surface area (Å²) in [6, 6.07) is 68.9. The molecule has 242 valence electrons. The third kappa shape index (κ3) is 5.21. The van der Waals surface area contributed by atoms with Crippen molar-refractivity contribution >= 4 is 39.9 Å². The molecule has 7 aromatic carbocycles. The summed E-state index contributed by atoms with van der Waals surface area (Å²) in [6.07, 6.45) is 1.94. The van der Waals surface area contributed by atoms with Crippen molar-refractivity contribution in [1.82, 2.24) is 24.3 Å². The lowest BCUT2D eigenvalue weighted by Gasteiger charge is -2.35. The number of para-hydroxylation sites is 3. The van der Waals surface area contributed by atoms with Gasteiger partial charge >= 0.3 is 0 Å². The van der Waals surface area contributed by atoms with Gasteiger partial charge in [-0.2, -0.15) is 0 Å². The number of fused-ring (bicyclic) bond motifs is 1. The lowest BCUT2D eigenvalue weighted by atomic mass is 10.1. The monoisotopic (exact) mass is 671 g/mol. The highest BCUT2D eigenvalue weighted by Crippen LogP contribution is 2.33. The molecule has 0 radical (unpaired) electrons. The molecule has 51 heavy (non-hydrogen) atoms. The van der Waals surface area contributed by atoms with E-state index in [-0.39, 0.29) is 0 Å². The highest BCUT2D eigenvalue weighted by atomic mass is 28.3. The molecular formula is C45H33N5Si. The Hall–Kier alpha value is -6.63. The van der Waals surface area contributed by atoms with Gasteiger partial charge in [0.25, 0.3) is 0 Å². The average molecular weight is 672 g/mol. The van der Waals surface area contributed by atoms with Crippen LogP contribution in [0.1, 0.15) is 0 Å². The first-order valence-electron chi connectivity index (χ1n) is 17.1. The maximum Gasteiger partial charge on any atom is 0.179 e. The molecule has 0 amide bonds. The minimum atomic E-state index is -2.84. The quantitative estimate of drug-likeness (QED) is 0.126. The summed E-state index contributed by atoms with van der Waals surface area (Å²) in [7, 11) is -2.84. The molecular weight excluding hydrogens is 639 g/mol. The van der Waals surface area contributed by atoms with Gasteiger partial charge in [0.15, 0.2) is 19.7 Å². The van der Waals surface area contributed by atoms with Crippen LogP contribution in [-0.2, 0) is 0 Å². The average Bonchev–Trinajstić information content (AvgIpc) is 3.86. The van der Waals surface area contributed by atoms with Crippen LogP contribution in [0.15, 0.2) is 200 Å². The molecule has 0 N–H and O–H groups in total. The molecule has 0 fully saturated rings. The van der Waals surface area contributed by atoms with E-state index in [4.69, 9.17) is 15.2 Å². The summed E-state index contributed by atoms with van der Waals surface area (Å²) in [5, 5.41) is 15.0. The van der Waals surface area contributed by atoms with Crippen molar-refractivity contribution in [2.75, 3.05) is 0 Å². The number of hydrogen-bond donors (Lipinski definition) is 0. The van der Waals surface area contributed by atoms with Gasteiger partial charge in [-0.1, -0.05) is 158 Å². The second-order valence-corrected chi connectivity index (χ2v) is 16.4. The standard InChI is InChI=1S/C45H33N5Si/c1-6-18-34(19-7-1)44-47-48-45(50(44)35-20-8-2-9-21-35)40-31-30-39(32-43(40)49-33-46-41-28-16-17-29-42(41)49)51(36-22-10-3-11-23-36,37-24-12-4-13-25-37)38-26-14-5-15-27-38/h1-33H. The molecule has 0 unspecified atom stereocenters. The number of rotatable bonds is 8. The SMILES string of the molecule is c1ccc(-c2nnc(-c3ccc([Si](c4ccccc4)(c4ccccc4)c4ccccc4)cc3-n3cnc4ccccc43)n2-c2ccccc2)cc1. The molecule has 6 heteroatoms. The summed E-state index contributed by atoms with van der Waals surface area (Å²) < 4.78 is 4.38. The Kier molecular flexibility index (Phi) is 7.76. The normalized spacial score (nSPS) is 11.5. The summed E-state index contributed by atoms with van der Waals surface area (Å²) in [5.41, 5.74) is 5.89. The van der Waals surface area contributed by atoms with Crippen molar-refractivity contribution in [2.45, 2.75) is 0 Å². The second kappa shape index (κ2) is 13.0. The zero-order valence-electron chi connectivity index (χ0n) is 27.8. The Labute approximate surface area is 297 Å². The van der Waals surface area contributed by atoms with Crippen molar-refractivity contribution in [3.8, 4) is 34.2 Å². The number of imidazole rings is 1. The van der Waals surface area contributed by atoms with Crippen molar-refractivity contribution < 1.29 is 0 Å². The van der Waals surface area contributed by atoms with Crippen LogP contribution in [-0.4, -0.2) is 32.4 Å². The van der Waals surface area contributed by atoms with Crippen molar-refractivity contribution in [2.24, 2.45) is 0 Å². The first-order valence-corrected chi connectivity index (χ1v) is 19.1. The Morgan fingerprint density at radius 1 is 0.431 bits per heavy atom. The fourth-order valence-corrected chi connectivity index (χ4v) is 12.2. The van der Waals surface area contributed by atoms with Gasteiger partial charge in [0.05, 0.1) is 16.7 Å². The molecule has 2 heterocycles. The topological polar surface area (TPSA) is 48.5 Å². The number of hydrogen-bond acceptors (Lipinski definition) is 3.